The van der Waals surface area contributed by atoms with Crippen LogP contribution in [0.3, 0.4) is 0 Å². The topological polar surface area (TPSA) is 135 Å². The Labute approximate surface area is 224 Å². The molecule has 0 aromatic carbocycles. The Kier molecular flexibility index (Phi) is 11.5. The highest BCUT2D eigenvalue weighted by Crippen LogP contribution is 2.32. The molecule has 1 atom stereocenters. The van der Waals surface area contributed by atoms with Crippen molar-refractivity contribution in [2.75, 3.05) is 0 Å². The van der Waals surface area contributed by atoms with E-state index in [4.69, 9.17) is 8.83 Å². The maximum Gasteiger partial charge on any atom is 0.229 e. The Morgan fingerprint density at radius 1 is 0.711 bits per heavy atom. The first-order chi connectivity index (χ1) is 17.9. The normalized spacial score (nSPS) is 13.3. The predicted octanol–water partition coefficient (Wildman–Crippen LogP) is 5.88. The van der Waals surface area contributed by atoms with Gasteiger partial charge in [0.05, 0.1) is 12.5 Å². The molecular weight excluding hydrogens is 488 g/mol. The lowest BCUT2D eigenvalue weighted by atomic mass is 9.77. The molecule has 2 aromatic heterocycles. The fourth-order valence-electron chi connectivity index (χ4n) is 4.81. The summed E-state index contributed by atoms with van der Waals surface area (Å²) in [7, 11) is 0. The van der Waals surface area contributed by atoms with E-state index in [0.29, 0.717) is 68.9 Å². The molecule has 210 valence electrons. The molecule has 0 amide bonds. The standard InChI is InChI=1S/C30H42O8/c1-5-30(4,16-22-18-38-20-26(34)28(22)36)14-8-12-24(32)10-6-9-23(31)11-7-13-29(2,3)15-21-17-37-19-25(33)27(21)35/h17-20,33-34H,5-16H2,1-4H3. The molecule has 0 saturated heterocycles. The highest BCUT2D eigenvalue weighted by Gasteiger charge is 2.25. The zero-order chi connectivity index (χ0) is 28.3. The smallest absolute Gasteiger partial charge is 0.229 e. The third-order valence-corrected chi connectivity index (χ3v) is 7.42. The van der Waals surface area contributed by atoms with Gasteiger partial charge in [-0.1, -0.05) is 34.1 Å². The van der Waals surface area contributed by atoms with Crippen molar-refractivity contribution in [2.24, 2.45) is 10.8 Å². The molecule has 0 aliphatic carbocycles. The zero-order valence-electron chi connectivity index (χ0n) is 23.1. The summed E-state index contributed by atoms with van der Waals surface area (Å²) in [6.07, 6.45) is 11.6. The number of hydrogen-bond acceptors (Lipinski definition) is 8. The molecule has 0 aliphatic rings. The van der Waals surface area contributed by atoms with Crippen molar-refractivity contribution in [1.82, 2.24) is 0 Å². The molecule has 0 saturated carbocycles. The lowest BCUT2D eigenvalue weighted by molar-refractivity contribution is -0.120. The van der Waals surface area contributed by atoms with Gasteiger partial charge in [-0.2, -0.15) is 0 Å². The molecule has 2 heterocycles. The summed E-state index contributed by atoms with van der Waals surface area (Å²) in [5, 5.41) is 19.1. The van der Waals surface area contributed by atoms with Crippen molar-refractivity contribution < 1.29 is 28.6 Å². The van der Waals surface area contributed by atoms with E-state index >= 15 is 0 Å². The quantitative estimate of drug-likeness (QED) is 0.259. The van der Waals surface area contributed by atoms with Crippen LogP contribution in [-0.4, -0.2) is 21.8 Å². The van der Waals surface area contributed by atoms with Gasteiger partial charge in [-0.25, -0.2) is 0 Å². The lowest BCUT2D eigenvalue weighted by Gasteiger charge is -2.28. The van der Waals surface area contributed by atoms with Gasteiger partial charge in [0.15, 0.2) is 11.5 Å². The number of Topliss-reactive ketones (excluding diaryl/α,β-unsaturated/α-hetero) is 2. The third kappa shape index (κ3) is 9.95. The molecular formula is C30H42O8. The van der Waals surface area contributed by atoms with Crippen LogP contribution in [0.15, 0.2) is 43.5 Å². The van der Waals surface area contributed by atoms with Gasteiger partial charge in [0.2, 0.25) is 10.9 Å². The van der Waals surface area contributed by atoms with Crippen molar-refractivity contribution in [3.05, 3.63) is 56.6 Å². The van der Waals surface area contributed by atoms with Gasteiger partial charge in [-0.15, -0.1) is 0 Å². The highest BCUT2D eigenvalue weighted by molar-refractivity contribution is 5.81. The van der Waals surface area contributed by atoms with E-state index in [1.54, 1.807) is 0 Å². The van der Waals surface area contributed by atoms with Gasteiger partial charge in [-0.05, 0) is 55.8 Å². The summed E-state index contributed by atoms with van der Waals surface area (Å²) < 4.78 is 10.0. The average molecular weight is 531 g/mol. The highest BCUT2D eigenvalue weighted by atomic mass is 16.3. The van der Waals surface area contributed by atoms with Gasteiger partial charge in [-0.3, -0.25) is 19.2 Å². The Hall–Kier alpha value is -3.16. The summed E-state index contributed by atoms with van der Waals surface area (Å²) in [5.41, 5.74) is -0.386. The maximum atomic E-state index is 12.4. The van der Waals surface area contributed by atoms with Gasteiger partial charge < -0.3 is 19.0 Å². The van der Waals surface area contributed by atoms with Crippen molar-refractivity contribution in [2.45, 2.75) is 105 Å². The second kappa shape index (κ2) is 14.1. The van der Waals surface area contributed by atoms with Crippen molar-refractivity contribution in [1.29, 1.82) is 0 Å². The summed E-state index contributed by atoms with van der Waals surface area (Å²) >= 11 is 0. The summed E-state index contributed by atoms with van der Waals surface area (Å²) in [5.74, 6) is -0.519. The molecule has 8 heteroatoms. The van der Waals surface area contributed by atoms with Crippen molar-refractivity contribution >= 4 is 11.6 Å². The number of aromatic hydroxyl groups is 2. The van der Waals surface area contributed by atoms with Crippen LogP contribution < -0.4 is 10.9 Å². The molecule has 38 heavy (non-hydrogen) atoms. The van der Waals surface area contributed by atoms with Crippen LogP contribution in [-0.2, 0) is 22.4 Å². The van der Waals surface area contributed by atoms with Crippen LogP contribution in [0.1, 0.15) is 103 Å². The van der Waals surface area contributed by atoms with Gasteiger partial charge >= 0.3 is 0 Å². The fourth-order valence-corrected chi connectivity index (χ4v) is 4.81. The number of rotatable bonds is 17. The number of ketones is 2. The maximum absolute atomic E-state index is 12.4. The Morgan fingerprint density at radius 3 is 1.66 bits per heavy atom. The van der Waals surface area contributed by atoms with E-state index in [9.17, 15) is 29.4 Å². The van der Waals surface area contributed by atoms with E-state index in [-0.39, 0.29) is 22.4 Å². The minimum atomic E-state index is -0.423. The van der Waals surface area contributed by atoms with E-state index < -0.39 is 22.4 Å². The van der Waals surface area contributed by atoms with Gasteiger partial charge in [0, 0.05) is 36.8 Å². The third-order valence-electron chi connectivity index (χ3n) is 7.42. The lowest BCUT2D eigenvalue weighted by Crippen LogP contribution is -2.23. The second-order valence-corrected chi connectivity index (χ2v) is 11.5. The van der Waals surface area contributed by atoms with Crippen LogP contribution in [0.5, 0.6) is 11.5 Å². The first-order valence-corrected chi connectivity index (χ1v) is 13.5. The Morgan fingerprint density at radius 2 is 1.16 bits per heavy atom. The summed E-state index contributed by atoms with van der Waals surface area (Å²) in [4.78, 5) is 48.8. The number of carbonyl (C=O) groups excluding carboxylic acids is 2. The molecule has 0 spiro atoms. The molecule has 0 radical (unpaired) electrons. The molecule has 0 bridgehead atoms. The zero-order valence-corrected chi connectivity index (χ0v) is 23.1. The van der Waals surface area contributed by atoms with Crippen LogP contribution in [0.2, 0.25) is 0 Å². The van der Waals surface area contributed by atoms with E-state index in [2.05, 4.69) is 6.92 Å². The Bertz CT molecular complexity index is 1190. The van der Waals surface area contributed by atoms with E-state index in [1.165, 1.54) is 12.5 Å². The molecule has 0 fully saturated rings. The first-order valence-electron chi connectivity index (χ1n) is 13.5. The van der Waals surface area contributed by atoms with Crippen molar-refractivity contribution in [3.8, 4) is 11.5 Å². The van der Waals surface area contributed by atoms with Crippen LogP contribution in [0.4, 0.5) is 0 Å². The Balaban J connectivity index is 1.66. The minimum absolute atomic E-state index is 0.133. The molecule has 0 aliphatic heterocycles. The monoisotopic (exact) mass is 530 g/mol. The summed E-state index contributed by atoms with van der Waals surface area (Å²) in [6.45, 7) is 8.14. The predicted molar refractivity (Wildman–Crippen MR) is 144 cm³/mol. The summed E-state index contributed by atoms with van der Waals surface area (Å²) in [6, 6.07) is 0. The van der Waals surface area contributed by atoms with E-state index in [0.717, 1.165) is 31.8 Å². The fraction of sp³-hybridized carbons (Fsp3) is 0.600. The second-order valence-electron chi connectivity index (χ2n) is 11.5. The first kappa shape index (κ1) is 31.1. The average Bonchev–Trinajstić information content (AvgIpc) is 2.84. The number of hydrogen-bond donors (Lipinski definition) is 2. The van der Waals surface area contributed by atoms with E-state index in [1.807, 2.05) is 20.8 Å². The SMILES string of the molecule is CCC(C)(CCCC(=O)CCCC(=O)CCCC(C)(C)Cc1cocc(O)c1=O)Cc1cocc(O)c1=O. The molecule has 8 nitrogen and oxygen atoms in total. The minimum Gasteiger partial charge on any atom is -0.502 e. The van der Waals surface area contributed by atoms with Gasteiger partial charge in [0.1, 0.15) is 24.1 Å². The van der Waals surface area contributed by atoms with Crippen LogP contribution in [0.25, 0.3) is 0 Å². The van der Waals surface area contributed by atoms with Crippen LogP contribution in [0, 0.1) is 10.8 Å². The number of carbonyl (C=O) groups is 2. The molecule has 1 unspecified atom stereocenters. The van der Waals surface area contributed by atoms with Gasteiger partial charge in [0.25, 0.3) is 0 Å². The largest absolute Gasteiger partial charge is 0.502 e. The van der Waals surface area contributed by atoms with Crippen LogP contribution >= 0.6 is 0 Å². The molecule has 2 aromatic rings. The molecule has 2 rings (SSSR count). The molecule has 2 N–H and O–H groups in total. The van der Waals surface area contributed by atoms with Crippen molar-refractivity contribution in [3.63, 3.8) is 0 Å².